The van der Waals surface area contributed by atoms with Gasteiger partial charge in [-0.2, -0.15) is 5.26 Å². The highest BCUT2D eigenvalue weighted by atomic mass is 15.0. The molecule has 4 heteroatoms. The van der Waals surface area contributed by atoms with Gasteiger partial charge < -0.3 is 13.7 Å². The summed E-state index contributed by atoms with van der Waals surface area (Å²) in [5, 5.41) is 16.8. The molecule has 0 unspecified atom stereocenters. The van der Waals surface area contributed by atoms with Crippen LogP contribution in [0.3, 0.4) is 0 Å². The first kappa shape index (κ1) is 29.4. The topological polar surface area (TPSA) is 38.6 Å². The fraction of sp³-hybridized carbons (Fsp3) is 0. The average molecular weight is 675 g/mol. The van der Waals surface area contributed by atoms with E-state index in [1.54, 1.807) is 0 Å². The monoisotopic (exact) mass is 674 g/mol. The molecule has 3 aromatic heterocycles. The summed E-state index contributed by atoms with van der Waals surface area (Å²) in [5.74, 6) is 0. The van der Waals surface area contributed by atoms with Crippen molar-refractivity contribution in [3.8, 4) is 34.3 Å². The predicted octanol–water partition coefficient (Wildman–Crippen LogP) is 12.5. The van der Waals surface area contributed by atoms with Crippen LogP contribution in [-0.4, -0.2) is 13.7 Å². The van der Waals surface area contributed by atoms with E-state index in [9.17, 15) is 5.26 Å². The Balaban J connectivity index is 1.16. The Morgan fingerprint density at radius 3 is 1.23 bits per heavy atom. The fourth-order valence-corrected chi connectivity index (χ4v) is 8.65. The molecule has 0 spiro atoms. The van der Waals surface area contributed by atoms with E-state index in [0.29, 0.717) is 5.56 Å². The molecule has 0 fully saturated rings. The maximum absolute atomic E-state index is 9.69. The molecular formula is C49H30N4. The number of rotatable bonds is 4. The van der Waals surface area contributed by atoms with Crippen molar-refractivity contribution in [3.05, 3.63) is 188 Å². The van der Waals surface area contributed by atoms with Gasteiger partial charge in [0.25, 0.3) is 0 Å². The average Bonchev–Trinajstić information content (AvgIpc) is 3.86. The largest absolute Gasteiger partial charge is 0.309 e. The minimum Gasteiger partial charge on any atom is -0.309 e. The highest BCUT2D eigenvalue weighted by Crippen LogP contribution is 2.41. The van der Waals surface area contributed by atoms with E-state index >= 15 is 0 Å². The molecule has 0 aliphatic heterocycles. The van der Waals surface area contributed by atoms with Crippen molar-refractivity contribution in [2.45, 2.75) is 0 Å². The second kappa shape index (κ2) is 11.3. The van der Waals surface area contributed by atoms with Crippen molar-refractivity contribution in [3.63, 3.8) is 0 Å². The second-order valence-electron chi connectivity index (χ2n) is 13.7. The number of hydrogen-bond acceptors (Lipinski definition) is 1. The summed E-state index contributed by atoms with van der Waals surface area (Å²) in [7, 11) is 0. The Morgan fingerprint density at radius 2 is 0.698 bits per heavy atom. The highest BCUT2D eigenvalue weighted by molar-refractivity contribution is 6.13. The van der Waals surface area contributed by atoms with Crippen LogP contribution in [0, 0.1) is 11.3 Å². The summed E-state index contributed by atoms with van der Waals surface area (Å²) < 4.78 is 7.17. The summed E-state index contributed by atoms with van der Waals surface area (Å²) in [5.41, 5.74) is 13.2. The smallest absolute Gasteiger partial charge is 0.0991 e. The first-order chi connectivity index (χ1) is 26.3. The molecule has 0 aliphatic carbocycles. The predicted molar refractivity (Wildman–Crippen MR) is 220 cm³/mol. The summed E-state index contributed by atoms with van der Waals surface area (Å²) >= 11 is 0. The fourth-order valence-electron chi connectivity index (χ4n) is 8.65. The zero-order valence-corrected chi connectivity index (χ0v) is 28.6. The molecular weight excluding hydrogens is 645 g/mol. The van der Waals surface area contributed by atoms with Crippen LogP contribution in [0.4, 0.5) is 0 Å². The number of para-hydroxylation sites is 6. The number of nitrogens with zero attached hydrogens (tertiary/aromatic N) is 4. The molecule has 0 saturated carbocycles. The van der Waals surface area contributed by atoms with E-state index in [2.05, 4.69) is 190 Å². The second-order valence-corrected chi connectivity index (χ2v) is 13.7. The minimum atomic E-state index is 0.664. The van der Waals surface area contributed by atoms with Crippen molar-refractivity contribution >= 4 is 65.4 Å². The maximum Gasteiger partial charge on any atom is 0.0991 e. The molecule has 53 heavy (non-hydrogen) atoms. The zero-order chi connectivity index (χ0) is 35.0. The number of aromatic nitrogens is 3. The Labute approximate surface area is 305 Å². The molecule has 11 rings (SSSR count). The lowest BCUT2D eigenvalue weighted by Crippen LogP contribution is -2.01. The normalized spacial score (nSPS) is 11.8. The third kappa shape index (κ3) is 4.22. The SMILES string of the molecule is N#Cc1ccc2c(c1)c1ccccc1n2-c1ccc2c(c1)c1ccccc1n2-c1ccccc1-c1ccccc1-n1c2ccccc2c2ccccc21. The first-order valence-electron chi connectivity index (χ1n) is 17.9. The molecule has 0 N–H and O–H groups in total. The van der Waals surface area contributed by atoms with Gasteiger partial charge in [-0.3, -0.25) is 0 Å². The standard InChI is InChI=1S/C49H30N4/c50-31-32-25-27-48-40(29-32)38-17-5-7-19-42(38)51(48)33-26-28-49-41(30-33)39-18-6-12-24-47(39)53(49)46-23-11-4-16-37(46)36-15-3-10-22-45(36)52-43-20-8-1-13-34(43)35-14-2-9-21-44(35)52/h1-30H. The van der Waals surface area contributed by atoms with Crippen LogP contribution in [0.5, 0.6) is 0 Å². The van der Waals surface area contributed by atoms with E-state index in [4.69, 9.17) is 0 Å². The van der Waals surface area contributed by atoms with Gasteiger partial charge in [0, 0.05) is 49.1 Å². The third-order valence-corrected chi connectivity index (χ3v) is 10.9. The molecule has 0 amide bonds. The molecule has 11 aromatic rings. The lowest BCUT2D eigenvalue weighted by atomic mass is 10.0. The van der Waals surface area contributed by atoms with Crippen LogP contribution in [0.15, 0.2) is 182 Å². The van der Waals surface area contributed by atoms with E-state index in [1.807, 2.05) is 12.1 Å². The molecule has 4 nitrogen and oxygen atoms in total. The minimum absolute atomic E-state index is 0.664. The first-order valence-corrected chi connectivity index (χ1v) is 17.9. The van der Waals surface area contributed by atoms with E-state index < -0.39 is 0 Å². The van der Waals surface area contributed by atoms with Gasteiger partial charge >= 0.3 is 0 Å². The number of benzene rings is 8. The maximum atomic E-state index is 9.69. The quantitative estimate of drug-likeness (QED) is 0.183. The van der Waals surface area contributed by atoms with Gasteiger partial charge in [-0.1, -0.05) is 109 Å². The van der Waals surface area contributed by atoms with Gasteiger partial charge in [-0.15, -0.1) is 0 Å². The molecule has 0 bridgehead atoms. The molecule has 3 heterocycles. The van der Waals surface area contributed by atoms with Crippen molar-refractivity contribution in [2.24, 2.45) is 0 Å². The Kier molecular flexibility index (Phi) is 6.28. The van der Waals surface area contributed by atoms with Crippen LogP contribution >= 0.6 is 0 Å². The van der Waals surface area contributed by atoms with Gasteiger partial charge in [0.2, 0.25) is 0 Å². The Morgan fingerprint density at radius 1 is 0.321 bits per heavy atom. The van der Waals surface area contributed by atoms with Gasteiger partial charge in [0.1, 0.15) is 0 Å². The van der Waals surface area contributed by atoms with Crippen LogP contribution in [0.2, 0.25) is 0 Å². The number of hydrogen-bond donors (Lipinski definition) is 0. The van der Waals surface area contributed by atoms with Gasteiger partial charge in [-0.05, 0) is 72.8 Å². The third-order valence-electron chi connectivity index (χ3n) is 10.9. The number of fused-ring (bicyclic) bond motifs is 9. The molecule has 246 valence electrons. The Hall–Kier alpha value is -7.35. The van der Waals surface area contributed by atoms with E-state index in [0.717, 1.165) is 55.5 Å². The zero-order valence-electron chi connectivity index (χ0n) is 28.6. The molecule has 0 radical (unpaired) electrons. The molecule has 8 aromatic carbocycles. The van der Waals surface area contributed by atoms with Crippen molar-refractivity contribution < 1.29 is 0 Å². The summed E-state index contributed by atoms with van der Waals surface area (Å²) in [6.45, 7) is 0. The van der Waals surface area contributed by atoms with Crippen LogP contribution < -0.4 is 0 Å². The summed E-state index contributed by atoms with van der Waals surface area (Å²) in [6.07, 6.45) is 0. The lowest BCUT2D eigenvalue weighted by Gasteiger charge is -2.18. The van der Waals surface area contributed by atoms with E-state index in [-0.39, 0.29) is 0 Å². The van der Waals surface area contributed by atoms with Crippen molar-refractivity contribution in [1.29, 1.82) is 5.26 Å². The molecule has 0 saturated heterocycles. The van der Waals surface area contributed by atoms with Gasteiger partial charge in [-0.25, -0.2) is 0 Å². The summed E-state index contributed by atoms with van der Waals surface area (Å²) in [4.78, 5) is 0. The summed E-state index contributed by atoms with van der Waals surface area (Å²) in [6, 6.07) is 67.3. The number of nitriles is 1. The van der Waals surface area contributed by atoms with Gasteiger partial charge in [0.15, 0.2) is 0 Å². The van der Waals surface area contributed by atoms with E-state index in [1.165, 1.54) is 38.1 Å². The molecule has 0 aliphatic rings. The van der Waals surface area contributed by atoms with Crippen molar-refractivity contribution in [2.75, 3.05) is 0 Å². The Bertz CT molecular complexity index is 3260. The van der Waals surface area contributed by atoms with Crippen LogP contribution in [-0.2, 0) is 0 Å². The lowest BCUT2D eigenvalue weighted by molar-refractivity contribution is 1.15. The van der Waals surface area contributed by atoms with Crippen molar-refractivity contribution in [1.82, 2.24) is 13.7 Å². The van der Waals surface area contributed by atoms with Crippen LogP contribution in [0.25, 0.3) is 93.6 Å². The van der Waals surface area contributed by atoms with Gasteiger partial charge in [0.05, 0.1) is 56.1 Å². The molecule has 0 atom stereocenters. The van der Waals surface area contributed by atoms with Crippen LogP contribution in [0.1, 0.15) is 5.56 Å². The highest BCUT2D eigenvalue weighted by Gasteiger charge is 2.21.